The molecule has 1 atom stereocenters. The molecule has 0 spiro atoms. The highest BCUT2D eigenvalue weighted by atomic mass is 15.1. The van der Waals surface area contributed by atoms with Crippen LogP contribution in [0.4, 0.5) is 0 Å². The molecule has 1 rings (SSSR count). The Bertz CT molecular complexity index is 80.9. The van der Waals surface area contributed by atoms with Crippen molar-refractivity contribution in [2.75, 3.05) is 20.1 Å². The van der Waals surface area contributed by atoms with Gasteiger partial charge in [-0.1, -0.05) is 33.6 Å². The van der Waals surface area contributed by atoms with Crippen molar-refractivity contribution in [2.45, 2.75) is 40.0 Å². The first-order valence-electron chi connectivity index (χ1n) is 4.93. The zero-order valence-electron chi connectivity index (χ0n) is 8.56. The molecule has 0 aliphatic carbocycles. The van der Waals surface area contributed by atoms with E-state index in [9.17, 15) is 0 Å². The molecule has 1 heteroatoms. The molecule has 1 saturated heterocycles. The fraction of sp³-hybridized carbons (Fsp3) is 1.00. The van der Waals surface area contributed by atoms with Gasteiger partial charge in [-0.05, 0) is 25.9 Å². The predicted molar refractivity (Wildman–Crippen MR) is 51.9 cm³/mol. The van der Waals surface area contributed by atoms with Crippen LogP contribution in [0.15, 0.2) is 0 Å². The van der Waals surface area contributed by atoms with Crippen LogP contribution in [0.2, 0.25) is 0 Å². The minimum absolute atomic E-state index is 1.000. The highest BCUT2D eigenvalue weighted by molar-refractivity contribution is 4.70. The van der Waals surface area contributed by atoms with Crippen molar-refractivity contribution in [3.8, 4) is 0 Å². The van der Waals surface area contributed by atoms with E-state index in [4.69, 9.17) is 0 Å². The van der Waals surface area contributed by atoms with Crippen LogP contribution < -0.4 is 0 Å². The molecule has 1 unspecified atom stereocenters. The molecular weight excluding hydrogens is 134 g/mol. The lowest BCUT2D eigenvalue weighted by Crippen LogP contribution is -2.13. The molecule has 1 nitrogen and oxygen atoms in total. The molecule has 1 heterocycles. The predicted octanol–water partition coefficient (Wildman–Crippen LogP) is 2.76. The van der Waals surface area contributed by atoms with E-state index < -0.39 is 0 Å². The lowest BCUT2D eigenvalue weighted by atomic mass is 10.1. The van der Waals surface area contributed by atoms with E-state index in [1.54, 1.807) is 0 Å². The van der Waals surface area contributed by atoms with Gasteiger partial charge in [-0.25, -0.2) is 0 Å². The van der Waals surface area contributed by atoms with Crippen LogP contribution in [0, 0.1) is 5.92 Å². The standard InChI is InChI=1S/C7H15N.C3H8/c1-3-7-4-5-8(2)6-7;1-3-2/h7H,3-6H2,1-2H3;3H2,1-2H3. The van der Waals surface area contributed by atoms with Crippen LogP contribution >= 0.6 is 0 Å². The van der Waals surface area contributed by atoms with Gasteiger partial charge in [0.2, 0.25) is 0 Å². The average molecular weight is 157 g/mol. The fourth-order valence-electron chi connectivity index (χ4n) is 1.36. The second-order valence-corrected chi connectivity index (χ2v) is 3.53. The van der Waals surface area contributed by atoms with E-state index in [0.717, 1.165) is 5.92 Å². The molecule has 0 bridgehead atoms. The molecule has 1 fully saturated rings. The number of nitrogens with zero attached hydrogens (tertiary/aromatic N) is 1. The highest BCUT2D eigenvalue weighted by Gasteiger charge is 2.16. The fourth-order valence-corrected chi connectivity index (χ4v) is 1.36. The van der Waals surface area contributed by atoms with Gasteiger partial charge in [-0.3, -0.25) is 0 Å². The summed E-state index contributed by atoms with van der Waals surface area (Å²) in [6, 6.07) is 0. The minimum atomic E-state index is 1.000. The van der Waals surface area contributed by atoms with Crippen LogP contribution in [0.3, 0.4) is 0 Å². The molecule has 0 amide bonds. The van der Waals surface area contributed by atoms with E-state index >= 15 is 0 Å². The van der Waals surface area contributed by atoms with E-state index in [1.807, 2.05) is 0 Å². The Labute approximate surface area is 71.8 Å². The van der Waals surface area contributed by atoms with Crippen molar-refractivity contribution in [3.05, 3.63) is 0 Å². The molecule has 0 radical (unpaired) electrons. The molecule has 0 saturated carbocycles. The quantitative estimate of drug-likeness (QED) is 0.565. The molecular formula is C10H23N. The number of hydrogen-bond acceptors (Lipinski definition) is 1. The third-order valence-corrected chi connectivity index (χ3v) is 2.07. The maximum atomic E-state index is 2.41. The van der Waals surface area contributed by atoms with Gasteiger partial charge in [0, 0.05) is 6.54 Å². The molecule has 1 aliphatic heterocycles. The summed E-state index contributed by atoms with van der Waals surface area (Å²) in [4.78, 5) is 2.41. The van der Waals surface area contributed by atoms with Crippen LogP contribution in [0.5, 0.6) is 0 Å². The Morgan fingerprint density at radius 3 is 2.00 bits per heavy atom. The second-order valence-electron chi connectivity index (χ2n) is 3.53. The first-order chi connectivity index (χ1) is 5.24. The molecule has 1 aliphatic rings. The summed E-state index contributed by atoms with van der Waals surface area (Å²) < 4.78 is 0. The summed E-state index contributed by atoms with van der Waals surface area (Å²) in [5, 5.41) is 0. The van der Waals surface area contributed by atoms with Gasteiger partial charge in [0.15, 0.2) is 0 Å². The van der Waals surface area contributed by atoms with Crippen LogP contribution in [-0.4, -0.2) is 25.0 Å². The first kappa shape index (κ1) is 11.0. The van der Waals surface area contributed by atoms with Crippen molar-refractivity contribution in [1.29, 1.82) is 0 Å². The normalized spacial score (nSPS) is 24.5. The summed E-state index contributed by atoms with van der Waals surface area (Å²) >= 11 is 0. The van der Waals surface area contributed by atoms with E-state index in [0.29, 0.717) is 0 Å². The topological polar surface area (TPSA) is 3.24 Å². The van der Waals surface area contributed by atoms with Gasteiger partial charge in [-0.15, -0.1) is 0 Å². The molecule has 0 aromatic heterocycles. The largest absolute Gasteiger partial charge is 0.306 e. The average Bonchev–Trinajstić information content (AvgIpc) is 2.37. The molecule has 11 heavy (non-hydrogen) atoms. The van der Waals surface area contributed by atoms with Gasteiger partial charge >= 0.3 is 0 Å². The summed E-state index contributed by atoms with van der Waals surface area (Å²) in [5.41, 5.74) is 0. The molecule has 0 N–H and O–H groups in total. The monoisotopic (exact) mass is 157 g/mol. The summed E-state index contributed by atoms with van der Waals surface area (Å²) in [6.07, 6.45) is 4.04. The number of rotatable bonds is 1. The Hall–Kier alpha value is -0.0400. The molecule has 0 aromatic carbocycles. The van der Waals surface area contributed by atoms with Gasteiger partial charge < -0.3 is 4.90 Å². The number of likely N-dealkylation sites (tertiary alicyclic amines) is 1. The Morgan fingerprint density at radius 1 is 1.27 bits per heavy atom. The van der Waals surface area contributed by atoms with E-state index in [-0.39, 0.29) is 0 Å². The SMILES string of the molecule is CCC.CCC1CCN(C)C1. The van der Waals surface area contributed by atoms with Gasteiger partial charge in [0.05, 0.1) is 0 Å². The summed E-state index contributed by atoms with van der Waals surface area (Å²) in [7, 11) is 2.20. The van der Waals surface area contributed by atoms with Crippen molar-refractivity contribution in [1.82, 2.24) is 4.90 Å². The van der Waals surface area contributed by atoms with E-state index in [2.05, 4.69) is 32.7 Å². The third-order valence-electron chi connectivity index (χ3n) is 2.07. The lowest BCUT2D eigenvalue weighted by molar-refractivity contribution is 0.392. The van der Waals surface area contributed by atoms with Crippen molar-refractivity contribution >= 4 is 0 Å². The summed E-state index contributed by atoms with van der Waals surface area (Å²) in [6.45, 7) is 9.18. The van der Waals surface area contributed by atoms with Gasteiger partial charge in [0.1, 0.15) is 0 Å². The lowest BCUT2D eigenvalue weighted by Gasteiger charge is -2.05. The van der Waals surface area contributed by atoms with Crippen molar-refractivity contribution < 1.29 is 0 Å². The maximum Gasteiger partial charge on any atom is 0.000698 e. The smallest absolute Gasteiger partial charge is 0.000698 e. The van der Waals surface area contributed by atoms with Crippen LogP contribution in [0.25, 0.3) is 0 Å². The maximum absolute atomic E-state index is 2.41. The van der Waals surface area contributed by atoms with Gasteiger partial charge in [0.25, 0.3) is 0 Å². The first-order valence-corrected chi connectivity index (χ1v) is 4.93. The second kappa shape index (κ2) is 6.66. The molecule has 0 aromatic rings. The Balaban J connectivity index is 0.000000292. The zero-order chi connectivity index (χ0) is 8.69. The van der Waals surface area contributed by atoms with Crippen LogP contribution in [0.1, 0.15) is 40.0 Å². The van der Waals surface area contributed by atoms with Gasteiger partial charge in [-0.2, -0.15) is 0 Å². The minimum Gasteiger partial charge on any atom is -0.306 e. The Kier molecular flexibility index (Phi) is 6.63. The summed E-state index contributed by atoms with van der Waals surface area (Å²) in [5.74, 6) is 1.000. The van der Waals surface area contributed by atoms with Crippen molar-refractivity contribution in [3.63, 3.8) is 0 Å². The van der Waals surface area contributed by atoms with Crippen LogP contribution in [-0.2, 0) is 0 Å². The highest BCUT2D eigenvalue weighted by Crippen LogP contribution is 2.16. The third kappa shape index (κ3) is 5.25. The zero-order valence-corrected chi connectivity index (χ0v) is 8.56. The van der Waals surface area contributed by atoms with Crippen molar-refractivity contribution in [2.24, 2.45) is 5.92 Å². The molecule has 68 valence electrons. The number of hydrogen-bond donors (Lipinski definition) is 0. The van der Waals surface area contributed by atoms with E-state index in [1.165, 1.54) is 32.4 Å². The Morgan fingerprint density at radius 2 is 1.82 bits per heavy atom.